The van der Waals surface area contributed by atoms with E-state index in [0.29, 0.717) is 5.69 Å². The summed E-state index contributed by atoms with van der Waals surface area (Å²) in [5.41, 5.74) is 5.32. The van der Waals surface area contributed by atoms with E-state index < -0.39 is 0 Å². The highest BCUT2D eigenvalue weighted by Gasteiger charge is 2.09. The third-order valence-corrected chi connectivity index (χ3v) is 3.92. The van der Waals surface area contributed by atoms with Crippen LogP contribution >= 0.6 is 0 Å². The predicted octanol–water partition coefficient (Wildman–Crippen LogP) is 5.11. The molecule has 0 aliphatic heterocycles. The molecule has 0 aliphatic rings. The molecule has 0 aromatic heterocycles. The molecule has 0 saturated heterocycles. The second-order valence-electron chi connectivity index (χ2n) is 5.83. The van der Waals surface area contributed by atoms with Gasteiger partial charge in [0.1, 0.15) is 5.82 Å². The number of hydrogen-bond acceptors (Lipinski definition) is 2. The zero-order valence-electron chi connectivity index (χ0n) is 14.4. The smallest absolute Gasteiger partial charge is 0.146 e. The van der Waals surface area contributed by atoms with E-state index >= 15 is 0 Å². The van der Waals surface area contributed by atoms with Gasteiger partial charge in [0.2, 0.25) is 0 Å². The van der Waals surface area contributed by atoms with Gasteiger partial charge in [-0.1, -0.05) is 12.1 Å². The van der Waals surface area contributed by atoms with Crippen LogP contribution in [-0.2, 0) is 0 Å². The molecule has 0 spiro atoms. The lowest BCUT2D eigenvalue weighted by molar-refractivity contribution is 0.552. The first-order valence-corrected chi connectivity index (χ1v) is 7.80. The van der Waals surface area contributed by atoms with Crippen molar-refractivity contribution in [3.05, 3.63) is 52.8 Å². The van der Waals surface area contributed by atoms with Gasteiger partial charge in [-0.3, -0.25) is 0 Å². The monoisotopic (exact) mass is 313 g/mol. The van der Waals surface area contributed by atoms with Crippen LogP contribution in [0.3, 0.4) is 0 Å². The summed E-state index contributed by atoms with van der Waals surface area (Å²) in [6.45, 7) is 8.90. The number of nitrogens with zero attached hydrogens (tertiary/aromatic N) is 2. The molecule has 3 nitrogen and oxygen atoms in total. The first-order chi connectivity index (χ1) is 10.9. The molecule has 0 aliphatic carbocycles. The standard InChI is InChI=1S/C19H24FN3/c1-6-23(5)12-21-17-10-15(4)18(11-14(17)3)22-19-13(2)8-7-9-16(19)20/h7-12,22H,6H2,1-5H3. The normalized spacial score (nSPS) is 11.0. The van der Waals surface area contributed by atoms with Crippen molar-refractivity contribution in [2.45, 2.75) is 27.7 Å². The third kappa shape index (κ3) is 4.09. The average molecular weight is 313 g/mol. The Morgan fingerprint density at radius 2 is 1.87 bits per heavy atom. The van der Waals surface area contributed by atoms with Crippen LogP contribution in [-0.4, -0.2) is 24.8 Å². The molecular weight excluding hydrogens is 289 g/mol. The van der Waals surface area contributed by atoms with Gasteiger partial charge in [-0.05, 0) is 62.6 Å². The SMILES string of the molecule is CCN(C)C=Nc1cc(C)c(Nc2c(C)cccc2F)cc1C. The first-order valence-electron chi connectivity index (χ1n) is 7.80. The summed E-state index contributed by atoms with van der Waals surface area (Å²) in [5, 5.41) is 3.22. The minimum absolute atomic E-state index is 0.242. The lowest BCUT2D eigenvalue weighted by atomic mass is 10.1. The Kier molecular flexibility index (Phi) is 5.37. The van der Waals surface area contributed by atoms with E-state index in [4.69, 9.17) is 0 Å². The van der Waals surface area contributed by atoms with Crippen LogP contribution in [0.4, 0.5) is 21.5 Å². The topological polar surface area (TPSA) is 27.6 Å². The van der Waals surface area contributed by atoms with Crippen LogP contribution in [0.25, 0.3) is 0 Å². The molecular formula is C19H24FN3. The van der Waals surface area contributed by atoms with Gasteiger partial charge in [-0.15, -0.1) is 0 Å². The average Bonchev–Trinajstić information content (AvgIpc) is 2.52. The molecule has 0 radical (unpaired) electrons. The summed E-state index contributed by atoms with van der Waals surface area (Å²) in [7, 11) is 1.99. The molecule has 0 bridgehead atoms. The molecule has 2 rings (SSSR count). The van der Waals surface area contributed by atoms with Crippen LogP contribution in [0.1, 0.15) is 23.6 Å². The highest BCUT2D eigenvalue weighted by atomic mass is 19.1. The summed E-state index contributed by atoms with van der Waals surface area (Å²) in [5.74, 6) is -0.242. The number of aliphatic imine (C=N–C) groups is 1. The third-order valence-electron chi connectivity index (χ3n) is 3.92. The molecule has 23 heavy (non-hydrogen) atoms. The quantitative estimate of drug-likeness (QED) is 0.614. The Hall–Kier alpha value is -2.36. The summed E-state index contributed by atoms with van der Waals surface area (Å²) in [4.78, 5) is 6.54. The van der Waals surface area contributed by atoms with Crippen LogP contribution in [0.5, 0.6) is 0 Å². The van der Waals surface area contributed by atoms with Crippen molar-refractivity contribution in [3.8, 4) is 0 Å². The van der Waals surface area contributed by atoms with Crippen molar-refractivity contribution in [2.24, 2.45) is 4.99 Å². The maximum atomic E-state index is 14.0. The van der Waals surface area contributed by atoms with E-state index in [0.717, 1.165) is 34.6 Å². The predicted molar refractivity (Wildman–Crippen MR) is 96.8 cm³/mol. The van der Waals surface area contributed by atoms with E-state index in [-0.39, 0.29) is 5.82 Å². The van der Waals surface area contributed by atoms with Crippen molar-refractivity contribution < 1.29 is 4.39 Å². The minimum atomic E-state index is -0.242. The maximum Gasteiger partial charge on any atom is 0.146 e. The zero-order chi connectivity index (χ0) is 17.0. The van der Waals surface area contributed by atoms with Crippen LogP contribution in [0.2, 0.25) is 0 Å². The lowest BCUT2D eigenvalue weighted by Crippen LogP contribution is -2.14. The number of para-hydroxylation sites is 1. The van der Waals surface area contributed by atoms with Gasteiger partial charge in [-0.25, -0.2) is 9.38 Å². The Balaban J connectivity index is 2.32. The molecule has 0 heterocycles. The Bertz CT molecular complexity index is 703. The number of nitrogens with one attached hydrogen (secondary N) is 1. The van der Waals surface area contributed by atoms with Gasteiger partial charge in [0.15, 0.2) is 0 Å². The van der Waals surface area contributed by atoms with Gasteiger partial charge in [0.05, 0.1) is 17.7 Å². The zero-order valence-corrected chi connectivity index (χ0v) is 14.4. The van der Waals surface area contributed by atoms with E-state index in [1.54, 1.807) is 6.07 Å². The molecule has 1 N–H and O–H groups in total. The van der Waals surface area contributed by atoms with Crippen LogP contribution in [0.15, 0.2) is 35.3 Å². The lowest BCUT2D eigenvalue weighted by Gasteiger charge is -2.15. The van der Waals surface area contributed by atoms with Crippen molar-refractivity contribution in [1.82, 2.24) is 4.90 Å². The van der Waals surface area contributed by atoms with Gasteiger partial charge in [0, 0.05) is 19.3 Å². The molecule has 2 aromatic carbocycles. The van der Waals surface area contributed by atoms with Crippen molar-refractivity contribution in [2.75, 3.05) is 18.9 Å². The van der Waals surface area contributed by atoms with Crippen LogP contribution in [0, 0.1) is 26.6 Å². The highest BCUT2D eigenvalue weighted by Crippen LogP contribution is 2.30. The number of hydrogen-bond donors (Lipinski definition) is 1. The summed E-state index contributed by atoms with van der Waals surface area (Å²) >= 11 is 0. The Morgan fingerprint density at radius 1 is 1.13 bits per heavy atom. The van der Waals surface area contributed by atoms with Gasteiger partial charge in [-0.2, -0.15) is 0 Å². The second-order valence-corrected chi connectivity index (χ2v) is 5.83. The molecule has 0 saturated carbocycles. The molecule has 0 atom stereocenters. The number of aryl methyl sites for hydroxylation is 3. The van der Waals surface area contributed by atoms with Crippen molar-refractivity contribution >= 4 is 23.4 Å². The van der Waals surface area contributed by atoms with Gasteiger partial charge >= 0.3 is 0 Å². The van der Waals surface area contributed by atoms with Crippen molar-refractivity contribution in [3.63, 3.8) is 0 Å². The summed E-state index contributed by atoms with van der Waals surface area (Å²) in [6, 6.07) is 9.12. The Labute approximate surface area is 137 Å². The number of rotatable bonds is 5. The minimum Gasteiger partial charge on any atom is -0.366 e. The van der Waals surface area contributed by atoms with Crippen molar-refractivity contribution in [1.29, 1.82) is 0 Å². The van der Waals surface area contributed by atoms with E-state index in [1.807, 2.05) is 57.3 Å². The number of halogens is 1. The second kappa shape index (κ2) is 7.27. The molecule has 0 amide bonds. The summed E-state index contributed by atoms with van der Waals surface area (Å²) < 4.78 is 14.0. The maximum absolute atomic E-state index is 14.0. The fourth-order valence-electron chi connectivity index (χ4n) is 2.24. The number of anilines is 2. The number of benzene rings is 2. The fraction of sp³-hybridized carbons (Fsp3) is 0.316. The van der Waals surface area contributed by atoms with E-state index in [1.165, 1.54) is 6.07 Å². The summed E-state index contributed by atoms with van der Waals surface area (Å²) in [6.07, 6.45) is 1.83. The van der Waals surface area contributed by atoms with Gasteiger partial charge < -0.3 is 10.2 Å². The molecule has 0 unspecified atom stereocenters. The van der Waals surface area contributed by atoms with Gasteiger partial charge in [0.25, 0.3) is 0 Å². The highest BCUT2D eigenvalue weighted by molar-refractivity contribution is 5.72. The Morgan fingerprint density at radius 3 is 2.52 bits per heavy atom. The molecule has 122 valence electrons. The van der Waals surface area contributed by atoms with Crippen LogP contribution < -0.4 is 5.32 Å². The van der Waals surface area contributed by atoms with E-state index in [2.05, 4.69) is 17.2 Å². The largest absolute Gasteiger partial charge is 0.366 e. The fourth-order valence-corrected chi connectivity index (χ4v) is 2.24. The van der Waals surface area contributed by atoms with E-state index in [9.17, 15) is 4.39 Å². The molecule has 2 aromatic rings. The molecule has 0 fully saturated rings. The first kappa shape index (κ1) is 17.0. The molecule has 4 heteroatoms.